The fraction of sp³-hybridized carbons (Fsp3) is 0.556. The Labute approximate surface area is 158 Å². The maximum absolute atomic E-state index is 11.3. The number of benzene rings is 1. The highest BCUT2D eigenvalue weighted by atomic mass is 79.9. The van der Waals surface area contributed by atoms with Crippen molar-refractivity contribution in [3.8, 4) is 0 Å². The Morgan fingerprint density at radius 1 is 1.32 bits per heavy atom. The highest BCUT2D eigenvalue weighted by Gasteiger charge is 2.47. The van der Waals surface area contributed by atoms with E-state index < -0.39 is 6.09 Å². The zero-order valence-electron chi connectivity index (χ0n) is 13.8. The number of hydrogen-bond donors (Lipinski definition) is 1. The second-order valence-corrected chi connectivity index (χ2v) is 9.51. The first-order valence-electron chi connectivity index (χ1n) is 8.88. The summed E-state index contributed by atoms with van der Waals surface area (Å²) in [5.74, 6) is 1.10. The van der Waals surface area contributed by atoms with Gasteiger partial charge in [-0.05, 0) is 43.4 Å². The minimum Gasteiger partial charge on any atom is -0.465 e. The molecule has 2 aliphatic heterocycles. The van der Waals surface area contributed by atoms with Crippen molar-refractivity contribution < 1.29 is 9.90 Å². The largest absolute Gasteiger partial charge is 0.465 e. The lowest BCUT2D eigenvalue weighted by molar-refractivity contribution is 0.109. The highest BCUT2D eigenvalue weighted by molar-refractivity contribution is 9.10. The summed E-state index contributed by atoms with van der Waals surface area (Å²) in [6, 6.07) is 7.10. The number of hydrogen-bond acceptors (Lipinski definition) is 4. The van der Waals surface area contributed by atoms with Gasteiger partial charge in [-0.15, -0.1) is 11.3 Å². The molecule has 3 fully saturated rings. The smallest absolute Gasteiger partial charge is 0.407 e. The van der Waals surface area contributed by atoms with Crippen LogP contribution in [0.15, 0.2) is 22.7 Å². The van der Waals surface area contributed by atoms with Crippen LogP contribution >= 0.6 is 27.3 Å². The molecule has 7 heteroatoms. The van der Waals surface area contributed by atoms with Gasteiger partial charge in [0.05, 0.1) is 21.3 Å². The fourth-order valence-corrected chi connectivity index (χ4v) is 6.35. The van der Waals surface area contributed by atoms with Crippen molar-refractivity contribution in [3.63, 3.8) is 0 Å². The maximum Gasteiger partial charge on any atom is 0.407 e. The third kappa shape index (κ3) is 2.67. The van der Waals surface area contributed by atoms with E-state index in [1.54, 1.807) is 4.90 Å². The van der Waals surface area contributed by atoms with Crippen LogP contribution in [-0.2, 0) is 0 Å². The Hall–Kier alpha value is -1.18. The van der Waals surface area contributed by atoms with E-state index in [0.717, 1.165) is 42.3 Å². The summed E-state index contributed by atoms with van der Waals surface area (Å²) in [4.78, 5) is 20.4. The average Bonchev–Trinajstić information content (AvgIpc) is 3.18. The predicted molar refractivity (Wildman–Crippen MR) is 101 cm³/mol. The fourth-order valence-electron chi connectivity index (χ4n) is 4.71. The Morgan fingerprint density at radius 2 is 2.16 bits per heavy atom. The van der Waals surface area contributed by atoms with Gasteiger partial charge in [-0.1, -0.05) is 15.9 Å². The SMILES string of the molecule is O=C(O)N1CC[C@@H]2CN(C3CC(c4nc5ccc(Br)cc5s4)C3)C[C@@H]21. The monoisotopic (exact) mass is 421 g/mol. The highest BCUT2D eigenvalue weighted by Crippen LogP contribution is 2.45. The molecular weight excluding hydrogens is 402 g/mol. The number of thiazole rings is 1. The van der Waals surface area contributed by atoms with Gasteiger partial charge in [-0.3, -0.25) is 4.90 Å². The van der Waals surface area contributed by atoms with E-state index in [-0.39, 0.29) is 6.04 Å². The first-order valence-corrected chi connectivity index (χ1v) is 10.5. The van der Waals surface area contributed by atoms with E-state index in [9.17, 15) is 9.90 Å². The van der Waals surface area contributed by atoms with Gasteiger partial charge in [0.1, 0.15) is 0 Å². The van der Waals surface area contributed by atoms with Crippen molar-refractivity contribution in [1.82, 2.24) is 14.8 Å². The molecule has 0 bridgehead atoms. The van der Waals surface area contributed by atoms with Crippen LogP contribution in [0.5, 0.6) is 0 Å². The topological polar surface area (TPSA) is 56.7 Å². The molecule has 1 aliphatic carbocycles. The first kappa shape index (κ1) is 16.0. The molecule has 0 unspecified atom stereocenters. The lowest BCUT2D eigenvalue weighted by Gasteiger charge is -2.41. The summed E-state index contributed by atoms with van der Waals surface area (Å²) >= 11 is 5.34. The van der Waals surface area contributed by atoms with Crippen LogP contribution in [0.3, 0.4) is 0 Å². The summed E-state index contributed by atoms with van der Waals surface area (Å²) in [5, 5.41) is 10.6. The molecule has 2 aromatic rings. The van der Waals surface area contributed by atoms with Crippen molar-refractivity contribution in [3.05, 3.63) is 27.7 Å². The lowest BCUT2D eigenvalue weighted by Crippen LogP contribution is -2.45. The molecule has 132 valence electrons. The van der Waals surface area contributed by atoms with Crippen LogP contribution in [0.4, 0.5) is 4.79 Å². The molecule has 2 saturated heterocycles. The van der Waals surface area contributed by atoms with Gasteiger partial charge in [0.2, 0.25) is 0 Å². The number of aromatic nitrogens is 1. The molecule has 5 nitrogen and oxygen atoms in total. The Morgan fingerprint density at radius 3 is 2.96 bits per heavy atom. The molecule has 25 heavy (non-hydrogen) atoms. The summed E-state index contributed by atoms with van der Waals surface area (Å²) in [5.41, 5.74) is 1.10. The van der Waals surface area contributed by atoms with Crippen LogP contribution in [0.2, 0.25) is 0 Å². The predicted octanol–water partition coefficient (Wildman–Crippen LogP) is 3.99. The number of carbonyl (C=O) groups is 1. The van der Waals surface area contributed by atoms with Crippen molar-refractivity contribution in [2.45, 2.75) is 37.3 Å². The normalized spacial score (nSPS) is 32.1. The Kier molecular flexibility index (Phi) is 3.80. The quantitative estimate of drug-likeness (QED) is 0.796. The second kappa shape index (κ2) is 5.93. The van der Waals surface area contributed by atoms with Gasteiger partial charge in [-0.2, -0.15) is 0 Å². The molecule has 3 heterocycles. The summed E-state index contributed by atoms with van der Waals surface area (Å²) < 4.78 is 2.36. The van der Waals surface area contributed by atoms with Crippen molar-refractivity contribution in [1.29, 1.82) is 0 Å². The van der Waals surface area contributed by atoms with Crippen LogP contribution in [-0.4, -0.2) is 57.7 Å². The lowest BCUT2D eigenvalue weighted by atomic mass is 9.80. The van der Waals surface area contributed by atoms with Gasteiger partial charge < -0.3 is 10.0 Å². The minimum absolute atomic E-state index is 0.219. The zero-order valence-corrected chi connectivity index (χ0v) is 16.2. The van der Waals surface area contributed by atoms with E-state index in [1.165, 1.54) is 9.71 Å². The summed E-state index contributed by atoms with van der Waals surface area (Å²) in [7, 11) is 0. The summed E-state index contributed by atoms with van der Waals surface area (Å²) in [6.45, 7) is 2.70. The molecular formula is C18H20BrN3O2S. The average molecular weight is 422 g/mol. The van der Waals surface area contributed by atoms with Crippen LogP contribution in [0.1, 0.15) is 30.2 Å². The molecule has 0 radical (unpaired) electrons. The molecule has 5 rings (SSSR count). The van der Waals surface area contributed by atoms with Gasteiger partial charge >= 0.3 is 6.09 Å². The number of nitrogens with zero attached hydrogens (tertiary/aromatic N) is 3. The molecule has 1 N–H and O–H groups in total. The first-order chi connectivity index (χ1) is 12.1. The number of amides is 1. The maximum atomic E-state index is 11.3. The van der Waals surface area contributed by atoms with Gasteiger partial charge in [0.15, 0.2) is 0 Å². The standard InChI is InChI=1S/C18H20BrN3O2S/c19-12-1-2-14-16(7-12)25-17(20-14)11-5-13(6-11)21-8-10-3-4-22(18(23)24)15(10)9-21/h1-2,7,10-11,13,15H,3-6,8-9H2,(H,23,24)/t10-,11?,13?,15+/m1/s1. The van der Waals surface area contributed by atoms with Crippen molar-refractivity contribution >= 4 is 43.6 Å². The van der Waals surface area contributed by atoms with E-state index in [4.69, 9.17) is 4.98 Å². The number of fused-ring (bicyclic) bond motifs is 2. The number of halogens is 1. The second-order valence-electron chi connectivity index (χ2n) is 7.53. The molecule has 2 atom stereocenters. The summed E-state index contributed by atoms with van der Waals surface area (Å²) in [6.07, 6.45) is 2.60. The molecule has 1 amide bonds. The molecule has 3 aliphatic rings. The Balaban J connectivity index is 1.24. The van der Waals surface area contributed by atoms with E-state index in [2.05, 4.69) is 33.0 Å². The van der Waals surface area contributed by atoms with E-state index in [1.807, 2.05) is 17.4 Å². The van der Waals surface area contributed by atoms with Gasteiger partial charge in [0, 0.05) is 36.1 Å². The van der Waals surface area contributed by atoms with E-state index in [0.29, 0.717) is 24.4 Å². The number of rotatable bonds is 2. The van der Waals surface area contributed by atoms with E-state index >= 15 is 0 Å². The van der Waals surface area contributed by atoms with Gasteiger partial charge in [-0.25, -0.2) is 9.78 Å². The zero-order chi connectivity index (χ0) is 17.1. The minimum atomic E-state index is -0.749. The third-order valence-electron chi connectivity index (χ3n) is 6.17. The van der Waals surface area contributed by atoms with Crippen LogP contribution in [0, 0.1) is 5.92 Å². The Bertz CT molecular complexity index is 835. The molecule has 0 spiro atoms. The van der Waals surface area contributed by atoms with Crippen molar-refractivity contribution in [2.24, 2.45) is 5.92 Å². The molecule has 1 aromatic heterocycles. The number of likely N-dealkylation sites (tertiary alicyclic amines) is 2. The van der Waals surface area contributed by atoms with Gasteiger partial charge in [0.25, 0.3) is 0 Å². The van der Waals surface area contributed by atoms with Crippen LogP contribution in [0.25, 0.3) is 10.2 Å². The number of carboxylic acid groups (broad SMARTS) is 1. The molecule has 1 saturated carbocycles. The van der Waals surface area contributed by atoms with Crippen LogP contribution < -0.4 is 0 Å². The molecule has 1 aromatic carbocycles. The third-order valence-corrected chi connectivity index (χ3v) is 7.84. The van der Waals surface area contributed by atoms with Crippen molar-refractivity contribution in [2.75, 3.05) is 19.6 Å².